The lowest BCUT2D eigenvalue weighted by Crippen LogP contribution is -2.38. The number of benzene rings is 2. The standard InChI is InChI=1S/C36H44N4O9S/c1-22(41)38-27-13-10-23-19-32(47-3)35(48-4)36(49-5)34(23)25-12-14-28(30(42)21-26(25)27)37-16-8-9-33(43)39-24-11-15-31(46-2)29(20-24)40-17-6-7-18-50(40,44)45/h11-12,14-15,19-21,27H,6-10,13,16-18H2,1-5H3,(H,37,42)(H,38,41)(H,39,43)/t27-/m0/s1. The first-order chi connectivity index (χ1) is 24.0. The normalized spacial score (nSPS) is 16.2. The summed E-state index contributed by atoms with van der Waals surface area (Å²) in [7, 11) is 2.63. The first kappa shape index (κ1) is 36.3. The first-order valence-electron chi connectivity index (χ1n) is 16.5. The highest BCUT2D eigenvalue weighted by Crippen LogP contribution is 2.50. The quantitative estimate of drug-likeness (QED) is 0.226. The van der Waals surface area contributed by atoms with Gasteiger partial charge in [0.05, 0.1) is 51.6 Å². The smallest absolute Gasteiger partial charge is 0.235 e. The highest BCUT2D eigenvalue weighted by atomic mass is 32.2. The average Bonchev–Trinajstić information content (AvgIpc) is 3.33. The number of carbonyl (C=O) groups excluding carboxylic acids is 2. The van der Waals surface area contributed by atoms with Crippen molar-refractivity contribution in [2.45, 2.75) is 51.5 Å². The summed E-state index contributed by atoms with van der Waals surface area (Å²) in [5, 5.41) is 9.02. The van der Waals surface area contributed by atoms with Crippen LogP contribution in [0.4, 0.5) is 17.1 Å². The van der Waals surface area contributed by atoms with Gasteiger partial charge in [0.15, 0.2) is 11.5 Å². The average molecular weight is 709 g/mol. The molecule has 1 saturated heterocycles. The number of ether oxygens (including phenoxy) is 4. The SMILES string of the molecule is COc1ccc(NC(=O)CCCNc2ccc3c(cc2=O)[C@@H](NC(C)=O)CCc2cc(OC)c(OC)c(OC)c2-3)cc1N1CCCCS1(=O)=O. The minimum Gasteiger partial charge on any atom is -0.495 e. The Morgan fingerprint density at radius 3 is 2.36 bits per heavy atom. The fourth-order valence-corrected chi connectivity index (χ4v) is 8.21. The van der Waals surface area contributed by atoms with Crippen LogP contribution in [0, 0.1) is 0 Å². The number of sulfonamides is 1. The summed E-state index contributed by atoms with van der Waals surface area (Å²) >= 11 is 0. The van der Waals surface area contributed by atoms with Crippen molar-refractivity contribution in [3.05, 3.63) is 63.8 Å². The molecule has 1 heterocycles. The topological polar surface area (TPSA) is 162 Å². The van der Waals surface area contributed by atoms with E-state index >= 15 is 0 Å². The molecule has 13 nitrogen and oxygen atoms in total. The second-order valence-electron chi connectivity index (χ2n) is 12.2. The molecule has 2 aliphatic rings. The van der Waals surface area contributed by atoms with Crippen LogP contribution in [0.15, 0.2) is 47.3 Å². The number of amides is 2. The third kappa shape index (κ3) is 7.75. The Labute approximate surface area is 292 Å². The number of anilines is 3. The number of methoxy groups -OCH3 is 4. The van der Waals surface area contributed by atoms with Gasteiger partial charge in [0.1, 0.15) is 5.75 Å². The van der Waals surface area contributed by atoms with Crippen LogP contribution in [0.1, 0.15) is 56.2 Å². The van der Waals surface area contributed by atoms with Crippen LogP contribution in [-0.2, 0) is 26.0 Å². The van der Waals surface area contributed by atoms with Crippen molar-refractivity contribution in [3.63, 3.8) is 0 Å². The molecule has 0 radical (unpaired) electrons. The molecule has 0 unspecified atom stereocenters. The van der Waals surface area contributed by atoms with Gasteiger partial charge in [-0.05, 0) is 85.2 Å². The highest BCUT2D eigenvalue weighted by molar-refractivity contribution is 7.92. The molecule has 3 aromatic carbocycles. The molecular weight excluding hydrogens is 664 g/mol. The Hall–Kier alpha value is -4.98. The van der Waals surface area contributed by atoms with Gasteiger partial charge in [0, 0.05) is 37.7 Å². The van der Waals surface area contributed by atoms with E-state index < -0.39 is 16.1 Å². The van der Waals surface area contributed by atoms with E-state index in [9.17, 15) is 22.8 Å². The molecule has 50 heavy (non-hydrogen) atoms. The van der Waals surface area contributed by atoms with Crippen LogP contribution in [0.25, 0.3) is 11.1 Å². The molecule has 0 bridgehead atoms. The Balaban J connectivity index is 1.34. The number of rotatable bonds is 12. The van der Waals surface area contributed by atoms with E-state index in [1.807, 2.05) is 12.1 Å². The zero-order valence-corrected chi connectivity index (χ0v) is 29.8. The molecule has 2 amide bonds. The van der Waals surface area contributed by atoms with E-state index in [0.717, 1.165) is 23.1 Å². The summed E-state index contributed by atoms with van der Waals surface area (Å²) < 4.78 is 49.3. The first-order valence-corrected chi connectivity index (χ1v) is 18.1. The van der Waals surface area contributed by atoms with Gasteiger partial charge >= 0.3 is 0 Å². The zero-order valence-electron chi connectivity index (χ0n) is 29.0. The molecule has 5 rings (SSSR count). The largest absolute Gasteiger partial charge is 0.495 e. The summed E-state index contributed by atoms with van der Waals surface area (Å²) in [5.41, 5.74) is 3.96. The van der Waals surface area contributed by atoms with Gasteiger partial charge in [-0.25, -0.2) is 8.42 Å². The number of aryl methyl sites for hydroxylation is 1. The van der Waals surface area contributed by atoms with Crippen molar-refractivity contribution in [3.8, 4) is 34.1 Å². The minimum absolute atomic E-state index is 0.0637. The summed E-state index contributed by atoms with van der Waals surface area (Å²) in [6.45, 7) is 2.12. The molecule has 0 saturated carbocycles. The Kier molecular flexibility index (Phi) is 11.4. The van der Waals surface area contributed by atoms with E-state index in [1.54, 1.807) is 44.6 Å². The van der Waals surface area contributed by atoms with Gasteiger partial charge in [-0.1, -0.05) is 6.07 Å². The van der Waals surface area contributed by atoms with Crippen molar-refractivity contribution in [2.75, 3.05) is 62.2 Å². The number of nitrogens with zero attached hydrogens (tertiary/aromatic N) is 1. The summed E-state index contributed by atoms with van der Waals surface area (Å²) in [4.78, 5) is 38.7. The van der Waals surface area contributed by atoms with Crippen LogP contribution in [0.2, 0.25) is 0 Å². The van der Waals surface area contributed by atoms with Crippen molar-refractivity contribution in [2.24, 2.45) is 0 Å². The zero-order chi connectivity index (χ0) is 36.0. The number of hydrogen-bond donors (Lipinski definition) is 3. The molecule has 1 aliphatic heterocycles. The van der Waals surface area contributed by atoms with Crippen molar-refractivity contribution >= 4 is 38.9 Å². The molecule has 3 N–H and O–H groups in total. The van der Waals surface area contributed by atoms with E-state index in [4.69, 9.17) is 18.9 Å². The number of nitrogens with one attached hydrogen (secondary N) is 3. The van der Waals surface area contributed by atoms with Gasteiger partial charge in [0.2, 0.25) is 33.0 Å². The number of hydrogen-bond acceptors (Lipinski definition) is 10. The van der Waals surface area contributed by atoms with E-state index in [0.29, 0.717) is 84.4 Å². The number of fused-ring (bicyclic) bond motifs is 3. The van der Waals surface area contributed by atoms with Crippen LogP contribution < -0.4 is 44.6 Å². The summed E-state index contributed by atoms with van der Waals surface area (Å²) in [6.07, 6.45) is 3.04. The third-order valence-electron chi connectivity index (χ3n) is 8.89. The predicted octanol–water partition coefficient (Wildman–Crippen LogP) is 4.63. The molecule has 0 spiro atoms. The Morgan fingerprint density at radius 2 is 1.68 bits per heavy atom. The molecular formula is C36H44N4O9S. The number of carbonyl (C=O) groups is 2. The van der Waals surface area contributed by atoms with Gasteiger partial charge in [0.25, 0.3) is 0 Å². The molecule has 1 aliphatic carbocycles. The molecule has 0 aromatic heterocycles. The third-order valence-corrected chi connectivity index (χ3v) is 10.7. The Bertz CT molecular complexity index is 1930. The lowest BCUT2D eigenvalue weighted by Gasteiger charge is -2.29. The van der Waals surface area contributed by atoms with E-state index in [2.05, 4.69) is 16.0 Å². The van der Waals surface area contributed by atoms with Crippen molar-refractivity contribution in [1.29, 1.82) is 0 Å². The van der Waals surface area contributed by atoms with Crippen LogP contribution in [-0.4, -0.2) is 67.5 Å². The maximum atomic E-state index is 13.6. The van der Waals surface area contributed by atoms with Crippen molar-refractivity contribution in [1.82, 2.24) is 5.32 Å². The molecule has 1 fully saturated rings. The van der Waals surface area contributed by atoms with E-state index in [-0.39, 0.29) is 29.4 Å². The lowest BCUT2D eigenvalue weighted by molar-refractivity contribution is -0.119. The fourth-order valence-electron chi connectivity index (χ4n) is 6.57. The maximum absolute atomic E-state index is 13.6. The van der Waals surface area contributed by atoms with Crippen LogP contribution in [0.3, 0.4) is 0 Å². The van der Waals surface area contributed by atoms with Crippen LogP contribution in [0.5, 0.6) is 23.0 Å². The predicted molar refractivity (Wildman–Crippen MR) is 192 cm³/mol. The van der Waals surface area contributed by atoms with Gasteiger partial charge in [-0.2, -0.15) is 0 Å². The monoisotopic (exact) mass is 708 g/mol. The maximum Gasteiger partial charge on any atom is 0.235 e. The van der Waals surface area contributed by atoms with Crippen LogP contribution >= 0.6 is 0 Å². The van der Waals surface area contributed by atoms with Gasteiger partial charge in [-0.15, -0.1) is 0 Å². The molecule has 268 valence electrons. The van der Waals surface area contributed by atoms with Crippen molar-refractivity contribution < 1.29 is 37.0 Å². The highest BCUT2D eigenvalue weighted by Gasteiger charge is 2.30. The molecule has 14 heteroatoms. The van der Waals surface area contributed by atoms with E-state index in [1.165, 1.54) is 25.4 Å². The second-order valence-corrected chi connectivity index (χ2v) is 14.2. The fraction of sp³-hybridized carbons (Fsp3) is 0.417. The van der Waals surface area contributed by atoms with Gasteiger partial charge in [-0.3, -0.25) is 18.7 Å². The Morgan fingerprint density at radius 1 is 0.920 bits per heavy atom. The second kappa shape index (κ2) is 15.7. The molecule has 3 aromatic rings. The lowest BCUT2D eigenvalue weighted by atomic mass is 9.95. The minimum atomic E-state index is -3.48. The summed E-state index contributed by atoms with van der Waals surface area (Å²) in [5.74, 6) is 1.40. The molecule has 1 atom stereocenters. The summed E-state index contributed by atoms with van der Waals surface area (Å²) in [6, 6.07) is 11.5. The van der Waals surface area contributed by atoms with Gasteiger partial charge < -0.3 is 34.9 Å².